The van der Waals surface area contributed by atoms with Gasteiger partial charge in [0.15, 0.2) is 17.5 Å². The molecule has 0 radical (unpaired) electrons. The van der Waals surface area contributed by atoms with Crippen LogP contribution in [-0.4, -0.2) is 41.4 Å². The van der Waals surface area contributed by atoms with Crippen molar-refractivity contribution >= 4 is 39.2 Å². The Morgan fingerprint density at radius 3 is 2.41 bits per heavy atom. The zero-order chi connectivity index (χ0) is 29.1. The highest BCUT2D eigenvalue weighted by molar-refractivity contribution is 6.13. The molecule has 6 aromatic rings. The fraction of sp³-hybridized carbons (Fsp3) is 0.0769. The number of anilines is 1. The summed E-state index contributed by atoms with van der Waals surface area (Å²) >= 11 is 0. The van der Waals surface area contributed by atoms with Gasteiger partial charge in [-0.05, 0) is 24.3 Å². The molecule has 41 heavy (non-hydrogen) atoms. The molecule has 0 aliphatic rings. The van der Waals surface area contributed by atoms with Crippen LogP contribution in [0.15, 0.2) is 67.3 Å². The first kappa shape index (κ1) is 25.8. The van der Waals surface area contributed by atoms with Gasteiger partial charge in [0.05, 0.1) is 29.3 Å². The van der Waals surface area contributed by atoms with Gasteiger partial charge in [0, 0.05) is 34.1 Å². The molecule has 0 bridgehead atoms. The Kier molecular flexibility index (Phi) is 5.71. The van der Waals surface area contributed by atoms with Crippen molar-refractivity contribution in [2.75, 3.05) is 5.32 Å². The van der Waals surface area contributed by atoms with Crippen LogP contribution in [0.4, 0.5) is 32.0 Å². The first-order chi connectivity index (χ1) is 19.5. The number of benzene rings is 2. The van der Waals surface area contributed by atoms with E-state index in [4.69, 9.17) is 0 Å². The molecule has 9 nitrogen and oxygen atoms in total. The van der Waals surface area contributed by atoms with E-state index in [1.165, 1.54) is 42.7 Å². The van der Waals surface area contributed by atoms with Crippen molar-refractivity contribution in [3.8, 4) is 11.5 Å². The number of hydrogen-bond donors (Lipinski definition) is 2. The number of pyridine rings is 1. The zero-order valence-corrected chi connectivity index (χ0v) is 20.2. The minimum absolute atomic E-state index is 0.0458. The van der Waals surface area contributed by atoms with Gasteiger partial charge in [-0.3, -0.25) is 4.79 Å². The van der Waals surface area contributed by atoms with E-state index in [0.717, 1.165) is 10.9 Å². The van der Waals surface area contributed by atoms with Gasteiger partial charge in [0.2, 0.25) is 0 Å². The molecule has 0 saturated heterocycles. The fourth-order valence-electron chi connectivity index (χ4n) is 4.65. The van der Waals surface area contributed by atoms with Crippen LogP contribution in [0.1, 0.15) is 21.6 Å². The van der Waals surface area contributed by atoms with E-state index in [9.17, 15) is 35.9 Å². The van der Waals surface area contributed by atoms with E-state index in [1.807, 2.05) is 0 Å². The summed E-state index contributed by atoms with van der Waals surface area (Å²) in [5, 5.41) is 10.9. The topological polar surface area (TPSA) is 110 Å². The summed E-state index contributed by atoms with van der Waals surface area (Å²) in [6.45, 7) is 0. The molecule has 0 unspecified atom stereocenters. The number of amides is 1. The molecule has 0 aliphatic carbocycles. The predicted octanol–water partition coefficient (Wildman–Crippen LogP) is 4.60. The Labute approximate surface area is 223 Å². The maximum absolute atomic E-state index is 14.4. The molecule has 2 aromatic carbocycles. The molecule has 206 valence electrons. The molecule has 0 fully saturated rings. The molecule has 0 atom stereocenters. The Morgan fingerprint density at radius 2 is 1.73 bits per heavy atom. The lowest BCUT2D eigenvalue weighted by atomic mass is 10.1. The van der Waals surface area contributed by atoms with Gasteiger partial charge in [-0.15, -0.1) is 0 Å². The van der Waals surface area contributed by atoms with E-state index >= 15 is 0 Å². The number of carbonyl (C=O) groups is 1. The molecule has 0 saturated carbocycles. The first-order valence-corrected chi connectivity index (χ1v) is 11.6. The second-order valence-corrected chi connectivity index (χ2v) is 8.78. The van der Waals surface area contributed by atoms with E-state index in [2.05, 4.69) is 25.5 Å². The Hall–Kier alpha value is -5.43. The molecule has 15 heteroatoms. The van der Waals surface area contributed by atoms with Crippen LogP contribution >= 0.6 is 0 Å². The molecule has 0 aliphatic heterocycles. The van der Waals surface area contributed by atoms with Crippen molar-refractivity contribution in [1.82, 2.24) is 29.5 Å². The van der Waals surface area contributed by atoms with Gasteiger partial charge in [0.1, 0.15) is 10.9 Å². The second-order valence-electron chi connectivity index (χ2n) is 8.78. The highest BCUT2D eigenvalue weighted by Gasteiger charge is 2.41. The number of nitrogens with one attached hydrogen (secondary N) is 2. The van der Waals surface area contributed by atoms with Crippen LogP contribution in [0.3, 0.4) is 0 Å². The number of alkyl halides is 6. The van der Waals surface area contributed by atoms with Gasteiger partial charge in [0.25, 0.3) is 5.91 Å². The molecule has 4 heterocycles. The number of aromatic nitrogens is 6. The van der Waals surface area contributed by atoms with E-state index < -0.39 is 46.6 Å². The monoisotopic (exact) mass is 569 g/mol. The van der Waals surface area contributed by atoms with Crippen molar-refractivity contribution < 1.29 is 35.9 Å². The molecule has 2 N–H and O–H groups in total. The van der Waals surface area contributed by atoms with Gasteiger partial charge < -0.3 is 10.3 Å². The number of halogens is 6. The normalized spacial score (nSPS) is 12.2. The lowest BCUT2D eigenvalue weighted by Gasteiger charge is -2.15. The maximum atomic E-state index is 14.4. The van der Waals surface area contributed by atoms with Crippen molar-refractivity contribution in [1.29, 1.82) is 0 Å². The molecule has 6 rings (SSSR count). The highest BCUT2D eigenvalue weighted by Crippen LogP contribution is 2.38. The molecular formula is C26H13F6N7O2. The van der Waals surface area contributed by atoms with Crippen LogP contribution in [-0.2, 0) is 17.1 Å². The van der Waals surface area contributed by atoms with Crippen molar-refractivity contribution in [3.05, 3.63) is 89.4 Å². The van der Waals surface area contributed by atoms with E-state index in [0.29, 0.717) is 38.6 Å². The lowest BCUT2D eigenvalue weighted by molar-refractivity contribution is -0.143. The minimum atomic E-state index is -5.10. The highest BCUT2D eigenvalue weighted by atomic mass is 19.4. The number of carbonyl (C=O) groups excluding carboxylic acids is 2. The average molecular weight is 569 g/mol. The number of nitrogens with zero attached hydrogens (tertiary/aromatic N) is 5. The fourth-order valence-corrected chi connectivity index (χ4v) is 4.65. The van der Waals surface area contributed by atoms with Crippen molar-refractivity contribution in [2.45, 2.75) is 12.4 Å². The Bertz CT molecular complexity index is 2030. The SMILES string of the molecule is O=C=c1[nH]c2ccc(-n3ncc(C(=O)Nc4cnc(-n5cccn5)c(C(F)(F)F)c4)c3C(F)(F)F)c3cccc1c23. The number of H-pyrrole nitrogens is 1. The summed E-state index contributed by atoms with van der Waals surface area (Å²) in [7, 11) is 0. The van der Waals surface area contributed by atoms with E-state index in [-0.39, 0.29) is 11.0 Å². The summed E-state index contributed by atoms with van der Waals surface area (Å²) in [6, 6.07) is 9.39. The average Bonchev–Trinajstić information content (AvgIpc) is 3.68. The second kappa shape index (κ2) is 9.06. The third-order valence-electron chi connectivity index (χ3n) is 6.31. The summed E-state index contributed by atoms with van der Waals surface area (Å²) < 4.78 is 85.7. The minimum Gasteiger partial charge on any atom is -0.345 e. The molecular weight excluding hydrogens is 556 g/mol. The first-order valence-electron chi connectivity index (χ1n) is 11.6. The van der Waals surface area contributed by atoms with Crippen LogP contribution in [0.5, 0.6) is 0 Å². The van der Waals surface area contributed by atoms with Crippen LogP contribution in [0.25, 0.3) is 33.2 Å². The molecule has 4 aromatic heterocycles. The third kappa shape index (κ3) is 4.28. The maximum Gasteiger partial charge on any atom is 0.434 e. The summed E-state index contributed by atoms with van der Waals surface area (Å²) in [5.74, 6) is -0.190. The smallest absolute Gasteiger partial charge is 0.345 e. The van der Waals surface area contributed by atoms with Gasteiger partial charge >= 0.3 is 12.4 Å². The van der Waals surface area contributed by atoms with Crippen molar-refractivity contribution in [3.63, 3.8) is 0 Å². The van der Waals surface area contributed by atoms with Crippen LogP contribution < -0.4 is 10.7 Å². The van der Waals surface area contributed by atoms with Crippen LogP contribution in [0.2, 0.25) is 0 Å². The zero-order valence-electron chi connectivity index (χ0n) is 20.2. The standard InChI is InChI=1S/C26H13F6N7O2/c27-25(28,29)17-9-13(10-33-23(17)38-8-2-7-34-38)36-24(41)16-11-35-39(22(16)26(30,31)32)20-6-5-18-21-14(19(12-40)37-18)3-1-4-15(20)21/h1-11,37H,(H,36,41). The third-order valence-corrected chi connectivity index (χ3v) is 6.31. The summed E-state index contributed by atoms with van der Waals surface area (Å²) in [5.41, 5.74) is -3.72. The number of rotatable bonds is 4. The quantitative estimate of drug-likeness (QED) is 0.302. The lowest BCUT2D eigenvalue weighted by Crippen LogP contribution is -2.21. The largest absolute Gasteiger partial charge is 0.434 e. The van der Waals surface area contributed by atoms with Gasteiger partial charge in [-0.1, -0.05) is 18.2 Å². The van der Waals surface area contributed by atoms with Gasteiger partial charge in [-0.2, -0.15) is 36.5 Å². The predicted molar refractivity (Wildman–Crippen MR) is 132 cm³/mol. The number of aromatic amines is 1. The molecule has 0 spiro atoms. The summed E-state index contributed by atoms with van der Waals surface area (Å²) in [4.78, 5) is 30.9. The van der Waals surface area contributed by atoms with E-state index in [1.54, 1.807) is 12.0 Å². The number of hydrogen-bond acceptors (Lipinski definition) is 5. The summed E-state index contributed by atoms with van der Waals surface area (Å²) in [6.07, 6.45) is -6.00. The molecule has 1 amide bonds. The van der Waals surface area contributed by atoms with Crippen LogP contribution in [0, 0.1) is 0 Å². The Morgan fingerprint density at radius 1 is 0.951 bits per heavy atom. The van der Waals surface area contributed by atoms with Crippen molar-refractivity contribution in [2.24, 2.45) is 0 Å². The Balaban J connectivity index is 1.44. The van der Waals surface area contributed by atoms with Gasteiger partial charge in [-0.25, -0.2) is 19.1 Å².